The largest absolute Gasteiger partial charge is 0.508 e. The molecule has 0 aromatic heterocycles. The maximum Gasteiger partial charge on any atom is 0.451 e. The summed E-state index contributed by atoms with van der Waals surface area (Å²) >= 11 is 0. The first-order valence-corrected chi connectivity index (χ1v) is 8.56. The fourth-order valence-corrected chi connectivity index (χ4v) is 2.49. The maximum atomic E-state index is 10.2. The normalized spacial score (nSPS) is 12.7. The Morgan fingerprint density at radius 1 is 1.23 bits per heavy atom. The van der Waals surface area contributed by atoms with Crippen molar-refractivity contribution in [2.45, 2.75) is 44.1 Å². The molecular formula is C17H29BN2O6. The number of benzene rings is 1. The Balaban J connectivity index is 0.00000194. The highest BCUT2D eigenvalue weighted by Gasteiger charge is 2.13. The second-order valence-corrected chi connectivity index (χ2v) is 6.27. The van der Waals surface area contributed by atoms with E-state index in [-0.39, 0.29) is 17.9 Å². The Hall–Kier alpha value is -1.74. The van der Waals surface area contributed by atoms with Crippen LogP contribution in [0.25, 0.3) is 0 Å². The minimum absolute atomic E-state index is 0.0752. The van der Waals surface area contributed by atoms with Gasteiger partial charge in [0.05, 0.1) is 6.10 Å². The van der Waals surface area contributed by atoms with Gasteiger partial charge in [-0.05, 0) is 50.5 Å². The summed E-state index contributed by atoms with van der Waals surface area (Å²) in [5.41, 5.74) is 6.75. The molecule has 1 rings (SSSR count). The maximum absolute atomic E-state index is 10.2. The van der Waals surface area contributed by atoms with Crippen LogP contribution in [0.15, 0.2) is 24.3 Å². The van der Waals surface area contributed by atoms with Crippen molar-refractivity contribution in [2.24, 2.45) is 5.73 Å². The summed E-state index contributed by atoms with van der Waals surface area (Å²) in [5.74, 6) is 0.152. The van der Waals surface area contributed by atoms with Crippen molar-refractivity contribution in [1.29, 1.82) is 0 Å². The van der Waals surface area contributed by atoms with Crippen molar-refractivity contribution in [1.82, 2.24) is 4.90 Å². The van der Waals surface area contributed by atoms with E-state index in [1.807, 2.05) is 11.9 Å². The molecule has 0 heterocycles. The van der Waals surface area contributed by atoms with Crippen LogP contribution in [0.1, 0.15) is 37.4 Å². The van der Waals surface area contributed by atoms with Crippen LogP contribution in [0.3, 0.4) is 0 Å². The molecule has 1 aromatic carbocycles. The lowest BCUT2D eigenvalue weighted by Crippen LogP contribution is -2.31. The van der Waals surface area contributed by atoms with E-state index in [1.165, 1.54) is 0 Å². The minimum Gasteiger partial charge on any atom is -0.508 e. The molecule has 8 nitrogen and oxygen atoms in total. The van der Waals surface area contributed by atoms with Crippen molar-refractivity contribution >= 4 is 13.3 Å². The highest BCUT2D eigenvalue weighted by Crippen LogP contribution is 2.19. The second kappa shape index (κ2) is 14.4. The molecule has 146 valence electrons. The van der Waals surface area contributed by atoms with Gasteiger partial charge in [-0.3, -0.25) is 0 Å². The van der Waals surface area contributed by atoms with E-state index < -0.39 is 13.2 Å². The zero-order chi connectivity index (χ0) is 19.9. The van der Waals surface area contributed by atoms with Crippen molar-refractivity contribution < 1.29 is 29.9 Å². The van der Waals surface area contributed by atoms with Crippen molar-refractivity contribution in [3.63, 3.8) is 0 Å². The summed E-state index contributed by atoms with van der Waals surface area (Å²) in [4.78, 5) is 18.3. The zero-order valence-corrected chi connectivity index (χ0v) is 15.1. The number of unbranched alkanes of at least 4 members (excludes halogenated alkanes) is 1. The van der Waals surface area contributed by atoms with E-state index in [4.69, 9.17) is 25.4 Å². The Morgan fingerprint density at radius 3 is 2.46 bits per heavy atom. The molecule has 1 aromatic rings. The number of rotatable bonds is 11. The molecule has 26 heavy (non-hydrogen) atoms. The van der Waals surface area contributed by atoms with E-state index >= 15 is 0 Å². The number of aromatic hydroxyl groups is 1. The highest BCUT2D eigenvalue weighted by atomic mass is 16.4. The van der Waals surface area contributed by atoms with Crippen LogP contribution >= 0.6 is 0 Å². The standard InChI is InChI=1S/C16H29BN2O4.CO2/c1-19(10-8-14(18)6-2-3-9-17(22)23)12-16(21)13-5-4-7-15(20)11-13;2-1-3/h4-5,7,11,14,16,20-23H,2-3,6,8-10,12,18H2,1H3;/t14-,16-;/m1./s1. The van der Waals surface area contributed by atoms with E-state index in [9.17, 15) is 10.2 Å². The van der Waals surface area contributed by atoms with Crippen LogP contribution < -0.4 is 5.73 Å². The smallest absolute Gasteiger partial charge is 0.451 e. The van der Waals surface area contributed by atoms with Gasteiger partial charge in [0, 0.05) is 12.6 Å². The molecule has 6 N–H and O–H groups in total. The summed E-state index contributed by atoms with van der Waals surface area (Å²) in [7, 11) is 0.706. The number of nitrogens with two attached hydrogens (primary N) is 1. The molecule has 0 aliphatic heterocycles. The van der Waals surface area contributed by atoms with Gasteiger partial charge < -0.3 is 30.9 Å². The number of hydrogen-bond acceptors (Lipinski definition) is 8. The fourth-order valence-electron chi connectivity index (χ4n) is 2.49. The summed E-state index contributed by atoms with van der Waals surface area (Å²) in [5, 5.41) is 37.1. The van der Waals surface area contributed by atoms with Crippen molar-refractivity contribution in [2.75, 3.05) is 20.1 Å². The van der Waals surface area contributed by atoms with Crippen LogP contribution in [-0.4, -0.2) is 64.6 Å². The first-order chi connectivity index (χ1) is 12.3. The highest BCUT2D eigenvalue weighted by molar-refractivity contribution is 6.40. The molecule has 0 fully saturated rings. The van der Waals surface area contributed by atoms with Crippen molar-refractivity contribution in [3.8, 4) is 5.75 Å². The monoisotopic (exact) mass is 368 g/mol. The van der Waals surface area contributed by atoms with Gasteiger partial charge in [0.15, 0.2) is 0 Å². The lowest BCUT2D eigenvalue weighted by Gasteiger charge is -2.22. The lowest BCUT2D eigenvalue weighted by molar-refractivity contribution is -0.191. The summed E-state index contributed by atoms with van der Waals surface area (Å²) in [6, 6.07) is 6.73. The molecule has 0 unspecified atom stereocenters. The molecule has 2 atom stereocenters. The van der Waals surface area contributed by atoms with Crippen molar-refractivity contribution in [3.05, 3.63) is 29.8 Å². The third kappa shape index (κ3) is 12.6. The fraction of sp³-hybridized carbons (Fsp3) is 0.588. The Kier molecular flexibility index (Phi) is 13.5. The quantitative estimate of drug-likeness (QED) is 0.274. The van der Waals surface area contributed by atoms with Gasteiger partial charge in [0.2, 0.25) is 0 Å². The Morgan fingerprint density at radius 2 is 1.88 bits per heavy atom. The molecule has 0 spiro atoms. The number of aliphatic hydroxyl groups excluding tert-OH is 1. The number of phenolic OH excluding ortho intramolecular Hbond substituents is 1. The first kappa shape index (κ1) is 24.3. The lowest BCUT2D eigenvalue weighted by atomic mass is 9.83. The second-order valence-electron chi connectivity index (χ2n) is 6.27. The predicted molar refractivity (Wildman–Crippen MR) is 97.0 cm³/mol. The average Bonchev–Trinajstić information content (AvgIpc) is 2.57. The third-order valence-electron chi connectivity index (χ3n) is 3.91. The van der Waals surface area contributed by atoms with Gasteiger partial charge >= 0.3 is 13.3 Å². The van der Waals surface area contributed by atoms with Gasteiger partial charge in [0.25, 0.3) is 0 Å². The number of carbonyl (C=O) groups excluding carboxylic acids is 2. The molecule has 0 aliphatic rings. The van der Waals surface area contributed by atoms with E-state index in [2.05, 4.69) is 0 Å². The third-order valence-corrected chi connectivity index (χ3v) is 3.91. The number of likely N-dealkylation sites (N-methyl/N-ethyl adjacent to an activating group) is 1. The SMILES string of the molecule is CN(CC[C@H](N)CCCCB(O)O)C[C@@H](O)c1cccc(O)c1.O=C=O. The van der Waals surface area contributed by atoms with Gasteiger partial charge in [0.1, 0.15) is 5.75 Å². The number of hydrogen-bond donors (Lipinski definition) is 5. The van der Waals surface area contributed by atoms with E-state index in [0.29, 0.717) is 18.4 Å². The van der Waals surface area contributed by atoms with Crippen LogP contribution in [0.5, 0.6) is 5.75 Å². The van der Waals surface area contributed by atoms with E-state index in [0.717, 1.165) is 32.2 Å². The predicted octanol–water partition coefficient (Wildman–Crippen LogP) is 0.134. The molecule has 0 radical (unpaired) electrons. The molecule has 0 amide bonds. The summed E-state index contributed by atoms with van der Waals surface area (Å²) in [6.45, 7) is 1.26. The molecule has 9 heteroatoms. The molecule has 0 saturated heterocycles. The summed E-state index contributed by atoms with van der Waals surface area (Å²) in [6.07, 6.45) is 3.32. The number of phenols is 1. The van der Waals surface area contributed by atoms with Gasteiger partial charge in [-0.2, -0.15) is 9.59 Å². The van der Waals surface area contributed by atoms with E-state index in [1.54, 1.807) is 24.3 Å². The Labute approximate surface area is 154 Å². The number of aliphatic hydroxyl groups is 1. The molecule has 0 saturated carbocycles. The van der Waals surface area contributed by atoms with Crippen LogP contribution in [0.2, 0.25) is 6.32 Å². The van der Waals surface area contributed by atoms with Gasteiger partial charge in [-0.1, -0.05) is 25.0 Å². The first-order valence-electron chi connectivity index (χ1n) is 8.56. The summed E-state index contributed by atoms with van der Waals surface area (Å²) < 4.78 is 0. The number of nitrogens with zero attached hydrogens (tertiary/aromatic N) is 1. The molecule has 0 aliphatic carbocycles. The van der Waals surface area contributed by atoms with Crippen LogP contribution in [-0.2, 0) is 9.59 Å². The van der Waals surface area contributed by atoms with Crippen LogP contribution in [0.4, 0.5) is 0 Å². The Bertz CT molecular complexity index is 526. The minimum atomic E-state index is -1.23. The molecular weight excluding hydrogens is 339 g/mol. The molecule has 0 bridgehead atoms. The van der Waals surface area contributed by atoms with Gasteiger partial charge in [-0.25, -0.2) is 0 Å². The topological polar surface area (TPSA) is 144 Å². The van der Waals surface area contributed by atoms with Crippen LogP contribution in [0, 0.1) is 0 Å². The zero-order valence-electron chi connectivity index (χ0n) is 15.1. The average molecular weight is 368 g/mol. The van der Waals surface area contributed by atoms with Gasteiger partial charge in [-0.15, -0.1) is 0 Å².